The van der Waals surface area contributed by atoms with Gasteiger partial charge in [-0.15, -0.1) is 0 Å². The van der Waals surface area contributed by atoms with Crippen molar-refractivity contribution in [3.05, 3.63) is 41.2 Å². The van der Waals surface area contributed by atoms with Crippen molar-refractivity contribution in [2.24, 2.45) is 11.7 Å². The Morgan fingerprint density at radius 2 is 1.92 bits per heavy atom. The molecule has 8 heteroatoms. The van der Waals surface area contributed by atoms with E-state index in [9.17, 15) is 9.59 Å². The third kappa shape index (κ3) is 4.14. The number of benzene rings is 1. The molecule has 1 aliphatic rings. The Morgan fingerprint density at radius 3 is 2.48 bits per heavy atom. The molecule has 0 saturated carbocycles. The summed E-state index contributed by atoms with van der Waals surface area (Å²) in [7, 11) is 0. The summed E-state index contributed by atoms with van der Waals surface area (Å²) in [5, 5.41) is 0. The first-order valence-corrected chi connectivity index (χ1v) is 8.87. The van der Waals surface area contributed by atoms with Gasteiger partial charge in [-0.2, -0.15) is 8.75 Å². The molecule has 0 bridgehead atoms. The van der Waals surface area contributed by atoms with Gasteiger partial charge in [0.05, 0.1) is 17.4 Å². The number of nitrogens with two attached hydrogens (primary N) is 1. The SMILES string of the molecule is Cc1nsnc1COc1ccc(C(=O)N2CCC(C(N)=O)CC2)cc1. The smallest absolute Gasteiger partial charge is 0.253 e. The van der Waals surface area contributed by atoms with Gasteiger partial charge in [-0.25, -0.2) is 0 Å². The molecule has 0 spiro atoms. The lowest BCUT2D eigenvalue weighted by Gasteiger charge is -2.30. The molecule has 2 aromatic rings. The highest BCUT2D eigenvalue weighted by Crippen LogP contribution is 2.20. The molecule has 1 aromatic heterocycles. The third-order valence-electron chi connectivity index (χ3n) is 4.41. The normalized spacial score (nSPS) is 15.2. The highest BCUT2D eigenvalue weighted by molar-refractivity contribution is 6.99. The lowest BCUT2D eigenvalue weighted by Crippen LogP contribution is -2.41. The Kier molecular flexibility index (Phi) is 5.28. The van der Waals surface area contributed by atoms with E-state index in [1.165, 1.54) is 11.7 Å². The van der Waals surface area contributed by atoms with Crippen molar-refractivity contribution in [3.63, 3.8) is 0 Å². The number of aryl methyl sites for hydroxylation is 1. The van der Waals surface area contributed by atoms with Crippen molar-refractivity contribution in [1.29, 1.82) is 0 Å². The van der Waals surface area contributed by atoms with Gasteiger partial charge < -0.3 is 15.4 Å². The van der Waals surface area contributed by atoms with E-state index < -0.39 is 0 Å². The highest BCUT2D eigenvalue weighted by atomic mass is 32.1. The maximum Gasteiger partial charge on any atom is 0.253 e. The van der Waals surface area contributed by atoms with Gasteiger partial charge >= 0.3 is 0 Å². The Balaban J connectivity index is 1.56. The van der Waals surface area contributed by atoms with Gasteiger partial charge in [0.2, 0.25) is 5.91 Å². The van der Waals surface area contributed by atoms with E-state index in [0.717, 1.165) is 11.4 Å². The Hall–Kier alpha value is -2.48. The summed E-state index contributed by atoms with van der Waals surface area (Å²) in [6.07, 6.45) is 1.26. The minimum absolute atomic E-state index is 0.0333. The van der Waals surface area contributed by atoms with Crippen LogP contribution in [-0.4, -0.2) is 38.6 Å². The monoisotopic (exact) mass is 360 g/mol. The second kappa shape index (κ2) is 7.60. The molecule has 1 aliphatic heterocycles. The maximum absolute atomic E-state index is 12.5. The molecule has 132 valence electrons. The molecule has 2 amide bonds. The lowest BCUT2D eigenvalue weighted by atomic mass is 9.96. The number of rotatable bonds is 5. The molecule has 2 heterocycles. The fraction of sp³-hybridized carbons (Fsp3) is 0.412. The molecule has 1 saturated heterocycles. The standard InChI is InChI=1S/C17H20N4O3S/c1-11-15(20-25-19-11)10-24-14-4-2-13(3-5-14)17(23)21-8-6-12(7-9-21)16(18)22/h2-5,12H,6-10H2,1H3,(H2,18,22). The van der Waals surface area contributed by atoms with Crippen LogP contribution in [0.3, 0.4) is 0 Å². The number of primary amides is 1. The molecule has 3 rings (SSSR count). The molecule has 2 N–H and O–H groups in total. The number of hydrogen-bond donors (Lipinski definition) is 1. The Morgan fingerprint density at radius 1 is 1.24 bits per heavy atom. The molecule has 0 aliphatic carbocycles. The summed E-state index contributed by atoms with van der Waals surface area (Å²) in [5.74, 6) is 0.244. The second-order valence-electron chi connectivity index (χ2n) is 6.08. The van der Waals surface area contributed by atoms with Crippen LogP contribution in [0.1, 0.15) is 34.6 Å². The van der Waals surface area contributed by atoms with Crippen LogP contribution in [0.5, 0.6) is 5.75 Å². The van der Waals surface area contributed by atoms with Gasteiger partial charge in [0.1, 0.15) is 18.1 Å². The van der Waals surface area contributed by atoms with Gasteiger partial charge in [0.25, 0.3) is 5.91 Å². The number of amides is 2. The van der Waals surface area contributed by atoms with Gasteiger partial charge in [-0.05, 0) is 44.0 Å². The van der Waals surface area contributed by atoms with Crippen LogP contribution in [0.2, 0.25) is 0 Å². The zero-order chi connectivity index (χ0) is 17.8. The van der Waals surface area contributed by atoms with Crippen LogP contribution in [-0.2, 0) is 11.4 Å². The molecule has 0 atom stereocenters. The first kappa shape index (κ1) is 17.3. The van der Waals surface area contributed by atoms with Crippen LogP contribution in [0.25, 0.3) is 0 Å². The number of likely N-dealkylation sites (tertiary alicyclic amines) is 1. The van der Waals surface area contributed by atoms with Crippen molar-refractivity contribution >= 4 is 23.5 Å². The zero-order valence-corrected chi connectivity index (χ0v) is 14.8. The summed E-state index contributed by atoms with van der Waals surface area (Å²) < 4.78 is 14.0. The summed E-state index contributed by atoms with van der Waals surface area (Å²) in [4.78, 5) is 25.5. The summed E-state index contributed by atoms with van der Waals surface area (Å²) in [6, 6.07) is 7.06. The van der Waals surface area contributed by atoms with Crippen LogP contribution >= 0.6 is 11.7 Å². The molecular weight excluding hydrogens is 340 g/mol. The van der Waals surface area contributed by atoms with E-state index in [4.69, 9.17) is 10.5 Å². The quantitative estimate of drug-likeness (QED) is 0.876. The maximum atomic E-state index is 12.5. The number of carbonyl (C=O) groups excluding carboxylic acids is 2. The average molecular weight is 360 g/mol. The average Bonchev–Trinajstić information content (AvgIpc) is 3.05. The van der Waals surface area contributed by atoms with E-state index in [2.05, 4.69) is 8.75 Å². The predicted octanol–water partition coefficient (Wildman–Crippen LogP) is 1.76. The van der Waals surface area contributed by atoms with E-state index in [-0.39, 0.29) is 17.7 Å². The van der Waals surface area contributed by atoms with Crippen molar-refractivity contribution in [2.75, 3.05) is 13.1 Å². The van der Waals surface area contributed by atoms with Crippen LogP contribution in [0.15, 0.2) is 24.3 Å². The number of carbonyl (C=O) groups is 2. The van der Waals surface area contributed by atoms with E-state index in [0.29, 0.717) is 43.9 Å². The van der Waals surface area contributed by atoms with Crippen molar-refractivity contribution in [3.8, 4) is 5.75 Å². The molecule has 25 heavy (non-hydrogen) atoms. The van der Waals surface area contributed by atoms with E-state index >= 15 is 0 Å². The third-order valence-corrected chi connectivity index (χ3v) is 5.07. The fourth-order valence-electron chi connectivity index (χ4n) is 2.78. The predicted molar refractivity (Wildman–Crippen MR) is 93.2 cm³/mol. The number of piperidine rings is 1. The Labute approximate surface area is 150 Å². The van der Waals surface area contributed by atoms with Gasteiger partial charge in [-0.3, -0.25) is 9.59 Å². The summed E-state index contributed by atoms with van der Waals surface area (Å²) in [6.45, 7) is 3.36. The van der Waals surface area contributed by atoms with Crippen LogP contribution < -0.4 is 10.5 Å². The first-order chi connectivity index (χ1) is 12.0. The zero-order valence-electron chi connectivity index (χ0n) is 14.0. The van der Waals surface area contributed by atoms with Crippen LogP contribution in [0, 0.1) is 12.8 Å². The number of aromatic nitrogens is 2. The van der Waals surface area contributed by atoms with Gasteiger partial charge in [0.15, 0.2) is 0 Å². The second-order valence-corrected chi connectivity index (χ2v) is 6.61. The van der Waals surface area contributed by atoms with Gasteiger partial charge in [-0.1, -0.05) is 0 Å². The summed E-state index contributed by atoms with van der Waals surface area (Å²) in [5.41, 5.74) is 7.63. The lowest BCUT2D eigenvalue weighted by molar-refractivity contribution is -0.123. The first-order valence-electron chi connectivity index (χ1n) is 8.14. The van der Waals surface area contributed by atoms with Crippen LogP contribution in [0.4, 0.5) is 0 Å². The molecule has 0 unspecified atom stereocenters. The number of nitrogens with zero attached hydrogens (tertiary/aromatic N) is 3. The number of hydrogen-bond acceptors (Lipinski definition) is 6. The van der Waals surface area contributed by atoms with Crippen molar-refractivity contribution in [1.82, 2.24) is 13.6 Å². The van der Waals surface area contributed by atoms with Crippen molar-refractivity contribution < 1.29 is 14.3 Å². The molecule has 1 fully saturated rings. The minimum atomic E-state index is -0.279. The number of ether oxygens (including phenoxy) is 1. The Bertz CT molecular complexity index is 752. The minimum Gasteiger partial charge on any atom is -0.487 e. The van der Waals surface area contributed by atoms with Gasteiger partial charge in [0, 0.05) is 24.6 Å². The summed E-state index contributed by atoms with van der Waals surface area (Å²) >= 11 is 1.17. The molecular formula is C17H20N4O3S. The molecule has 7 nitrogen and oxygen atoms in total. The fourth-order valence-corrected chi connectivity index (χ4v) is 3.33. The largest absolute Gasteiger partial charge is 0.487 e. The highest BCUT2D eigenvalue weighted by Gasteiger charge is 2.26. The topological polar surface area (TPSA) is 98.4 Å². The van der Waals surface area contributed by atoms with Crippen molar-refractivity contribution in [2.45, 2.75) is 26.4 Å². The molecule has 1 aromatic carbocycles. The van der Waals surface area contributed by atoms with E-state index in [1.807, 2.05) is 6.92 Å². The van der Waals surface area contributed by atoms with E-state index in [1.54, 1.807) is 29.2 Å². The molecule has 0 radical (unpaired) electrons.